The van der Waals surface area contributed by atoms with Gasteiger partial charge in [-0.15, -0.1) is 0 Å². The van der Waals surface area contributed by atoms with Gasteiger partial charge >= 0.3 is 0 Å². The van der Waals surface area contributed by atoms with Crippen LogP contribution >= 0.6 is 15.9 Å². The van der Waals surface area contributed by atoms with Gasteiger partial charge in [0, 0.05) is 17.4 Å². The van der Waals surface area contributed by atoms with Gasteiger partial charge in [0.25, 0.3) is 5.91 Å². The van der Waals surface area contributed by atoms with Gasteiger partial charge in [-0.1, -0.05) is 0 Å². The molecule has 1 amide bonds. The number of benzene rings is 2. The number of carbonyl (C=O) groups excluding carboxylic acids is 1. The Bertz CT molecular complexity index is 662. The number of hydrogen-bond acceptors (Lipinski definition) is 3. The number of ether oxygens (including phenoxy) is 1. The van der Waals surface area contributed by atoms with E-state index in [1.54, 1.807) is 18.2 Å². The van der Waals surface area contributed by atoms with Crippen molar-refractivity contribution in [2.24, 2.45) is 0 Å². The summed E-state index contributed by atoms with van der Waals surface area (Å²) in [6.07, 6.45) is 0. The average molecular weight is 339 g/mol. The fourth-order valence-corrected chi connectivity index (χ4v) is 2.07. The van der Waals surface area contributed by atoms with Crippen molar-refractivity contribution in [2.45, 2.75) is 0 Å². The molecule has 0 aromatic heterocycles. The zero-order valence-electron chi connectivity index (χ0n) is 10.6. The van der Waals surface area contributed by atoms with Crippen molar-refractivity contribution in [1.82, 2.24) is 0 Å². The molecule has 0 aliphatic carbocycles. The molecule has 0 saturated carbocycles. The van der Waals surface area contributed by atoms with Crippen LogP contribution in [-0.4, -0.2) is 13.0 Å². The summed E-state index contributed by atoms with van der Waals surface area (Å²) < 4.78 is 19.1. The van der Waals surface area contributed by atoms with Crippen LogP contribution in [0, 0.1) is 5.82 Å². The maximum atomic E-state index is 13.2. The summed E-state index contributed by atoms with van der Waals surface area (Å²) in [6.45, 7) is 0. The fourth-order valence-electron chi connectivity index (χ4n) is 1.66. The van der Waals surface area contributed by atoms with Gasteiger partial charge in [-0.2, -0.15) is 0 Å². The summed E-state index contributed by atoms with van der Waals surface area (Å²) in [5.41, 5.74) is 6.50. The molecule has 4 nitrogen and oxygen atoms in total. The molecule has 0 heterocycles. The number of methoxy groups -OCH3 is 1. The minimum atomic E-state index is -0.516. The quantitative estimate of drug-likeness (QED) is 0.842. The zero-order chi connectivity index (χ0) is 14.7. The summed E-state index contributed by atoms with van der Waals surface area (Å²) in [7, 11) is 1.52. The molecule has 2 rings (SSSR count). The topological polar surface area (TPSA) is 64.3 Å². The smallest absolute Gasteiger partial charge is 0.257 e. The van der Waals surface area contributed by atoms with Crippen LogP contribution in [0.2, 0.25) is 0 Å². The molecule has 2 aromatic carbocycles. The number of carbonyl (C=O) groups is 1. The van der Waals surface area contributed by atoms with E-state index in [1.165, 1.54) is 19.2 Å². The van der Waals surface area contributed by atoms with Crippen LogP contribution in [-0.2, 0) is 0 Å². The predicted molar refractivity (Wildman–Crippen MR) is 79.5 cm³/mol. The number of nitrogen functional groups attached to an aromatic ring is 1. The first kappa shape index (κ1) is 14.3. The monoisotopic (exact) mass is 338 g/mol. The van der Waals surface area contributed by atoms with E-state index in [2.05, 4.69) is 21.2 Å². The maximum Gasteiger partial charge on any atom is 0.257 e. The highest BCUT2D eigenvalue weighted by Crippen LogP contribution is 2.28. The first-order valence-electron chi connectivity index (χ1n) is 5.71. The van der Waals surface area contributed by atoms with Crippen LogP contribution in [0.3, 0.4) is 0 Å². The summed E-state index contributed by atoms with van der Waals surface area (Å²) in [6, 6.07) is 8.74. The Balaban J connectivity index is 2.25. The molecule has 104 valence electrons. The Morgan fingerprint density at radius 3 is 2.75 bits per heavy atom. The van der Waals surface area contributed by atoms with Crippen molar-refractivity contribution in [3.63, 3.8) is 0 Å². The molecule has 0 atom stereocenters. The molecular formula is C14H12BrFN2O2. The number of halogens is 2. The van der Waals surface area contributed by atoms with Crippen LogP contribution in [0.1, 0.15) is 10.4 Å². The molecular weight excluding hydrogens is 327 g/mol. The highest BCUT2D eigenvalue weighted by atomic mass is 79.9. The van der Waals surface area contributed by atoms with E-state index >= 15 is 0 Å². The Kier molecular flexibility index (Phi) is 4.24. The molecule has 0 unspecified atom stereocenters. The van der Waals surface area contributed by atoms with E-state index in [-0.39, 0.29) is 11.3 Å². The SMILES string of the molecule is COc1cc(NC(=O)c2cc(F)ccc2N)ccc1Br. The van der Waals surface area contributed by atoms with E-state index < -0.39 is 11.7 Å². The van der Waals surface area contributed by atoms with Crippen LogP contribution in [0.15, 0.2) is 40.9 Å². The molecule has 20 heavy (non-hydrogen) atoms. The van der Waals surface area contributed by atoms with Gasteiger partial charge in [-0.25, -0.2) is 4.39 Å². The lowest BCUT2D eigenvalue weighted by Crippen LogP contribution is -2.14. The third-order valence-electron chi connectivity index (χ3n) is 2.67. The second-order valence-electron chi connectivity index (χ2n) is 4.04. The normalized spacial score (nSPS) is 10.2. The van der Waals surface area contributed by atoms with Gasteiger partial charge in [0.2, 0.25) is 0 Å². The molecule has 0 spiro atoms. The molecule has 0 bridgehead atoms. The van der Waals surface area contributed by atoms with E-state index in [0.717, 1.165) is 10.5 Å². The molecule has 0 saturated heterocycles. The highest BCUT2D eigenvalue weighted by Gasteiger charge is 2.12. The van der Waals surface area contributed by atoms with Gasteiger partial charge in [-0.05, 0) is 46.3 Å². The number of hydrogen-bond donors (Lipinski definition) is 2. The number of rotatable bonds is 3. The first-order valence-corrected chi connectivity index (χ1v) is 6.50. The second kappa shape index (κ2) is 5.92. The van der Waals surface area contributed by atoms with Gasteiger partial charge < -0.3 is 15.8 Å². The van der Waals surface area contributed by atoms with E-state index in [0.29, 0.717) is 11.4 Å². The summed E-state index contributed by atoms with van der Waals surface area (Å²) in [5, 5.41) is 2.64. The van der Waals surface area contributed by atoms with Crippen molar-refractivity contribution in [3.05, 3.63) is 52.3 Å². The highest BCUT2D eigenvalue weighted by molar-refractivity contribution is 9.10. The molecule has 2 aromatic rings. The van der Waals surface area contributed by atoms with Crippen LogP contribution in [0.5, 0.6) is 5.75 Å². The van der Waals surface area contributed by atoms with E-state index in [4.69, 9.17) is 10.5 Å². The van der Waals surface area contributed by atoms with Gasteiger partial charge in [0.15, 0.2) is 0 Å². The lowest BCUT2D eigenvalue weighted by molar-refractivity contribution is 0.102. The van der Waals surface area contributed by atoms with Gasteiger partial charge in [0.05, 0.1) is 17.1 Å². The first-order chi connectivity index (χ1) is 9.51. The Hall–Kier alpha value is -2.08. The Labute approximate surface area is 123 Å². The minimum absolute atomic E-state index is 0.0897. The standard InChI is InChI=1S/C14H12BrFN2O2/c1-20-13-7-9(3-4-11(13)15)18-14(19)10-6-8(16)2-5-12(10)17/h2-7H,17H2,1H3,(H,18,19). The predicted octanol–water partition coefficient (Wildman–Crippen LogP) is 3.43. The van der Waals surface area contributed by atoms with Crippen molar-refractivity contribution in [3.8, 4) is 5.75 Å². The minimum Gasteiger partial charge on any atom is -0.495 e. The molecule has 3 N–H and O–H groups in total. The Morgan fingerprint density at radius 1 is 1.30 bits per heavy atom. The Morgan fingerprint density at radius 2 is 2.05 bits per heavy atom. The number of nitrogens with two attached hydrogens (primary N) is 1. The molecule has 0 aliphatic rings. The second-order valence-corrected chi connectivity index (χ2v) is 4.89. The summed E-state index contributed by atoms with van der Waals surface area (Å²) in [5.74, 6) is -0.417. The van der Waals surface area contributed by atoms with Crippen LogP contribution in [0.4, 0.5) is 15.8 Å². The third-order valence-corrected chi connectivity index (χ3v) is 3.32. The molecule has 0 aliphatic heterocycles. The molecule has 6 heteroatoms. The van der Waals surface area contributed by atoms with E-state index in [1.807, 2.05) is 0 Å². The van der Waals surface area contributed by atoms with Crippen molar-refractivity contribution in [1.29, 1.82) is 0 Å². The summed E-state index contributed by atoms with van der Waals surface area (Å²) in [4.78, 5) is 12.1. The van der Waals surface area contributed by atoms with Crippen molar-refractivity contribution < 1.29 is 13.9 Å². The van der Waals surface area contributed by atoms with Crippen molar-refractivity contribution >= 4 is 33.2 Å². The number of anilines is 2. The molecule has 0 radical (unpaired) electrons. The lowest BCUT2D eigenvalue weighted by atomic mass is 10.1. The molecule has 0 fully saturated rings. The van der Waals surface area contributed by atoms with Gasteiger partial charge in [0.1, 0.15) is 11.6 Å². The summed E-state index contributed by atoms with van der Waals surface area (Å²) >= 11 is 3.32. The fraction of sp³-hybridized carbons (Fsp3) is 0.0714. The zero-order valence-corrected chi connectivity index (χ0v) is 12.2. The third kappa shape index (κ3) is 3.08. The van der Waals surface area contributed by atoms with Crippen LogP contribution < -0.4 is 15.8 Å². The average Bonchev–Trinajstić information content (AvgIpc) is 2.43. The van der Waals surface area contributed by atoms with Gasteiger partial charge in [-0.3, -0.25) is 4.79 Å². The largest absolute Gasteiger partial charge is 0.495 e. The number of nitrogens with one attached hydrogen (secondary N) is 1. The van der Waals surface area contributed by atoms with Crippen molar-refractivity contribution in [2.75, 3.05) is 18.2 Å². The van der Waals surface area contributed by atoms with E-state index in [9.17, 15) is 9.18 Å². The maximum absolute atomic E-state index is 13.2. The lowest BCUT2D eigenvalue weighted by Gasteiger charge is -2.10. The van der Waals surface area contributed by atoms with Crippen LogP contribution in [0.25, 0.3) is 0 Å². The number of amides is 1.